The molecule has 0 radical (unpaired) electrons. The Morgan fingerprint density at radius 2 is 2.05 bits per heavy atom. The monoisotopic (exact) mass is 284 g/mol. The Labute approximate surface area is 114 Å². The maximum Gasteiger partial charge on any atom is 0.194 e. The van der Waals surface area contributed by atoms with Crippen molar-refractivity contribution in [2.45, 2.75) is 25.9 Å². The minimum Gasteiger partial charge on any atom is -0.273 e. The van der Waals surface area contributed by atoms with E-state index < -0.39 is 23.5 Å². The van der Waals surface area contributed by atoms with E-state index in [9.17, 15) is 13.2 Å². The van der Waals surface area contributed by atoms with Gasteiger partial charge in [-0.1, -0.05) is 6.07 Å². The second-order valence-corrected chi connectivity index (χ2v) is 4.39. The molecular formula is C13H15F3N4. The third kappa shape index (κ3) is 2.83. The van der Waals surface area contributed by atoms with E-state index in [1.165, 1.54) is 6.07 Å². The summed E-state index contributed by atoms with van der Waals surface area (Å²) in [5.74, 6) is 1.45. The van der Waals surface area contributed by atoms with Gasteiger partial charge in [-0.3, -0.25) is 16.0 Å². The normalized spacial score (nSPS) is 12.7. The van der Waals surface area contributed by atoms with Crippen molar-refractivity contribution in [3.05, 3.63) is 53.1 Å². The Balaban J connectivity index is 2.26. The molecule has 0 aliphatic carbocycles. The van der Waals surface area contributed by atoms with E-state index in [4.69, 9.17) is 5.84 Å². The Bertz CT molecular complexity index is 597. The number of nitrogens with zero attached hydrogens (tertiary/aromatic N) is 2. The zero-order valence-electron chi connectivity index (χ0n) is 10.9. The molecule has 2 aromatic rings. The van der Waals surface area contributed by atoms with E-state index in [0.717, 1.165) is 11.6 Å². The second kappa shape index (κ2) is 6.06. The molecule has 0 amide bonds. The smallest absolute Gasteiger partial charge is 0.194 e. The molecule has 108 valence electrons. The maximum atomic E-state index is 13.7. The lowest BCUT2D eigenvalue weighted by Crippen LogP contribution is -2.30. The van der Waals surface area contributed by atoms with E-state index >= 15 is 0 Å². The molecule has 0 bridgehead atoms. The predicted octanol–water partition coefficient (Wildman–Crippen LogP) is 2.07. The van der Waals surface area contributed by atoms with Crippen molar-refractivity contribution >= 4 is 0 Å². The molecule has 4 nitrogen and oxygen atoms in total. The number of hydrogen-bond acceptors (Lipinski definition) is 3. The molecule has 2 rings (SSSR count). The summed E-state index contributed by atoms with van der Waals surface area (Å²) in [5.41, 5.74) is 3.22. The van der Waals surface area contributed by atoms with Crippen LogP contribution in [0.5, 0.6) is 0 Å². The molecule has 0 saturated carbocycles. The number of rotatable bonds is 5. The summed E-state index contributed by atoms with van der Waals surface area (Å²) in [6.07, 6.45) is 3.74. The maximum absolute atomic E-state index is 13.7. The first kappa shape index (κ1) is 14.5. The van der Waals surface area contributed by atoms with Crippen LogP contribution in [0.4, 0.5) is 13.2 Å². The Hall–Kier alpha value is -1.86. The van der Waals surface area contributed by atoms with Crippen LogP contribution in [0.25, 0.3) is 0 Å². The molecule has 0 aliphatic rings. The number of aryl methyl sites for hydroxylation is 1. The molecule has 20 heavy (non-hydrogen) atoms. The first-order valence-corrected chi connectivity index (χ1v) is 6.17. The highest BCUT2D eigenvalue weighted by atomic mass is 19.2. The van der Waals surface area contributed by atoms with Crippen LogP contribution in [0, 0.1) is 17.5 Å². The van der Waals surface area contributed by atoms with E-state index in [1.807, 2.05) is 6.92 Å². The van der Waals surface area contributed by atoms with Gasteiger partial charge in [0.15, 0.2) is 17.5 Å². The first-order chi connectivity index (χ1) is 9.56. The average molecular weight is 284 g/mol. The van der Waals surface area contributed by atoms with Crippen molar-refractivity contribution in [2.75, 3.05) is 0 Å². The second-order valence-electron chi connectivity index (χ2n) is 4.39. The Morgan fingerprint density at radius 1 is 1.30 bits per heavy atom. The van der Waals surface area contributed by atoms with E-state index in [1.54, 1.807) is 17.1 Å². The summed E-state index contributed by atoms with van der Waals surface area (Å²) < 4.78 is 41.6. The van der Waals surface area contributed by atoms with Crippen molar-refractivity contribution in [3.63, 3.8) is 0 Å². The van der Waals surface area contributed by atoms with E-state index in [-0.39, 0.29) is 5.56 Å². The van der Waals surface area contributed by atoms with Gasteiger partial charge in [0, 0.05) is 18.3 Å². The number of halogens is 3. The lowest BCUT2D eigenvalue weighted by molar-refractivity contribution is 0.424. The first-order valence-electron chi connectivity index (χ1n) is 6.17. The van der Waals surface area contributed by atoms with Gasteiger partial charge in [-0.25, -0.2) is 13.2 Å². The lowest BCUT2D eigenvalue weighted by atomic mass is 10.0. The molecule has 1 aromatic heterocycles. The molecule has 1 unspecified atom stereocenters. The summed E-state index contributed by atoms with van der Waals surface area (Å²) >= 11 is 0. The highest BCUT2D eigenvalue weighted by Gasteiger charge is 2.20. The summed E-state index contributed by atoms with van der Waals surface area (Å²) in [4.78, 5) is 0. The minimum absolute atomic E-state index is 0.0179. The van der Waals surface area contributed by atoms with Crippen LogP contribution in [-0.4, -0.2) is 9.78 Å². The van der Waals surface area contributed by atoms with Gasteiger partial charge in [-0.05, 0) is 25.0 Å². The molecule has 0 saturated heterocycles. The number of aromatic nitrogens is 2. The van der Waals surface area contributed by atoms with Crippen LogP contribution in [0.3, 0.4) is 0 Å². The molecule has 3 N–H and O–H groups in total. The van der Waals surface area contributed by atoms with E-state index in [2.05, 4.69) is 10.5 Å². The average Bonchev–Trinajstić information content (AvgIpc) is 2.91. The van der Waals surface area contributed by atoms with Gasteiger partial charge in [0.25, 0.3) is 0 Å². The highest BCUT2D eigenvalue weighted by Crippen LogP contribution is 2.23. The molecule has 0 spiro atoms. The van der Waals surface area contributed by atoms with Crippen LogP contribution >= 0.6 is 0 Å². The lowest BCUT2D eigenvalue weighted by Gasteiger charge is -2.16. The van der Waals surface area contributed by atoms with Crippen LogP contribution in [-0.2, 0) is 13.0 Å². The highest BCUT2D eigenvalue weighted by molar-refractivity contribution is 5.25. The SMILES string of the molecule is CCn1cc(CC(NN)c2ccc(F)c(F)c2F)cn1. The predicted molar refractivity (Wildman–Crippen MR) is 68.0 cm³/mol. The quantitative estimate of drug-likeness (QED) is 0.502. The number of nitrogens with one attached hydrogen (secondary N) is 1. The van der Waals surface area contributed by atoms with Crippen molar-refractivity contribution in [2.24, 2.45) is 5.84 Å². The molecular weight excluding hydrogens is 269 g/mol. The molecule has 0 aliphatic heterocycles. The zero-order valence-corrected chi connectivity index (χ0v) is 10.9. The van der Waals surface area contributed by atoms with Crippen molar-refractivity contribution in [1.29, 1.82) is 0 Å². The van der Waals surface area contributed by atoms with Gasteiger partial charge in [-0.2, -0.15) is 5.10 Å². The Morgan fingerprint density at radius 3 is 2.65 bits per heavy atom. The fourth-order valence-corrected chi connectivity index (χ4v) is 1.99. The number of hydrogen-bond donors (Lipinski definition) is 2. The summed E-state index contributed by atoms with van der Waals surface area (Å²) in [6, 6.07) is 1.40. The molecule has 7 heteroatoms. The van der Waals surface area contributed by atoms with Gasteiger partial charge >= 0.3 is 0 Å². The third-order valence-electron chi connectivity index (χ3n) is 3.09. The van der Waals surface area contributed by atoms with Crippen molar-refractivity contribution in [3.8, 4) is 0 Å². The third-order valence-corrected chi connectivity index (χ3v) is 3.09. The summed E-state index contributed by atoms with van der Waals surface area (Å²) in [5, 5.41) is 4.09. The summed E-state index contributed by atoms with van der Waals surface area (Å²) in [6.45, 7) is 2.64. The van der Waals surface area contributed by atoms with Crippen LogP contribution < -0.4 is 11.3 Å². The topological polar surface area (TPSA) is 55.9 Å². The number of nitrogens with two attached hydrogens (primary N) is 1. The molecule has 0 fully saturated rings. The molecule has 1 atom stereocenters. The van der Waals surface area contributed by atoms with Crippen LogP contribution in [0.15, 0.2) is 24.5 Å². The largest absolute Gasteiger partial charge is 0.273 e. The summed E-state index contributed by atoms with van der Waals surface area (Å²) in [7, 11) is 0. The Kier molecular flexibility index (Phi) is 4.41. The standard InChI is InChI=1S/C13H15F3N4/c1-2-20-7-8(6-18-20)5-11(19-17)9-3-4-10(14)13(16)12(9)15/h3-4,6-7,11,19H,2,5,17H2,1H3. The van der Waals surface area contributed by atoms with Crippen LogP contribution in [0.2, 0.25) is 0 Å². The van der Waals surface area contributed by atoms with Crippen LogP contribution in [0.1, 0.15) is 24.1 Å². The minimum atomic E-state index is -1.49. The van der Waals surface area contributed by atoms with Crippen molar-refractivity contribution in [1.82, 2.24) is 15.2 Å². The van der Waals surface area contributed by atoms with E-state index in [0.29, 0.717) is 13.0 Å². The number of benzene rings is 1. The van der Waals surface area contributed by atoms with Gasteiger partial charge < -0.3 is 0 Å². The number of hydrazine groups is 1. The van der Waals surface area contributed by atoms with Gasteiger partial charge in [0.2, 0.25) is 0 Å². The van der Waals surface area contributed by atoms with Crippen molar-refractivity contribution < 1.29 is 13.2 Å². The molecule has 1 heterocycles. The van der Waals surface area contributed by atoms with Gasteiger partial charge in [0.05, 0.1) is 12.2 Å². The zero-order chi connectivity index (χ0) is 14.7. The van der Waals surface area contributed by atoms with Gasteiger partial charge in [0.1, 0.15) is 0 Å². The fourth-order valence-electron chi connectivity index (χ4n) is 1.99. The fraction of sp³-hybridized carbons (Fsp3) is 0.308. The van der Waals surface area contributed by atoms with Gasteiger partial charge in [-0.15, -0.1) is 0 Å². The molecule has 1 aromatic carbocycles.